The van der Waals surface area contributed by atoms with E-state index in [-0.39, 0.29) is 27.8 Å². The summed E-state index contributed by atoms with van der Waals surface area (Å²) >= 11 is 2.60. The lowest BCUT2D eigenvalue weighted by Crippen LogP contribution is -2.29. The smallest absolute Gasteiger partial charge is 0.301 e. The van der Waals surface area contributed by atoms with Crippen LogP contribution in [0.25, 0.3) is 5.76 Å². The first kappa shape index (κ1) is 29.1. The Morgan fingerprint density at radius 2 is 1.62 bits per heavy atom. The highest BCUT2D eigenvalue weighted by Crippen LogP contribution is 2.48. The van der Waals surface area contributed by atoms with Gasteiger partial charge in [0, 0.05) is 11.3 Å². The molecule has 1 atom stereocenters. The average Bonchev–Trinajstić information content (AvgIpc) is 3.57. The number of ketones is 1. The molecule has 42 heavy (non-hydrogen) atoms. The number of Topliss-reactive ketones (excluding diaryl/α,β-unsaturated/α-hetero) is 1. The number of aromatic nitrogens is 2. The molecule has 1 amide bonds. The van der Waals surface area contributed by atoms with Gasteiger partial charge in [0.25, 0.3) is 5.78 Å². The fourth-order valence-electron chi connectivity index (χ4n) is 4.56. The summed E-state index contributed by atoms with van der Waals surface area (Å²) in [7, 11) is 4.34. The highest BCUT2D eigenvalue weighted by molar-refractivity contribution is 8.00. The molecule has 0 spiro atoms. The maximum atomic E-state index is 13.6. The van der Waals surface area contributed by atoms with Gasteiger partial charge >= 0.3 is 5.91 Å². The predicted octanol–water partition coefficient (Wildman–Crippen LogP) is 5.93. The Labute approximate surface area is 249 Å². The highest BCUT2D eigenvalue weighted by atomic mass is 32.2. The molecular formula is C30H26FN3O6S2. The van der Waals surface area contributed by atoms with E-state index < -0.39 is 29.3 Å². The van der Waals surface area contributed by atoms with Gasteiger partial charge in [-0.2, -0.15) is 0 Å². The van der Waals surface area contributed by atoms with Crippen molar-refractivity contribution in [3.05, 3.63) is 94.3 Å². The predicted molar refractivity (Wildman–Crippen MR) is 158 cm³/mol. The summed E-state index contributed by atoms with van der Waals surface area (Å²) in [5.74, 6) is -1.30. The van der Waals surface area contributed by atoms with E-state index in [0.29, 0.717) is 21.4 Å². The number of carbonyl (C=O) groups excluding carboxylic acids is 2. The van der Waals surface area contributed by atoms with Crippen molar-refractivity contribution in [3.8, 4) is 17.2 Å². The van der Waals surface area contributed by atoms with Gasteiger partial charge in [-0.05, 0) is 54.4 Å². The zero-order valence-corrected chi connectivity index (χ0v) is 24.7. The van der Waals surface area contributed by atoms with E-state index >= 15 is 0 Å². The van der Waals surface area contributed by atoms with Crippen molar-refractivity contribution in [2.24, 2.45) is 0 Å². The second kappa shape index (κ2) is 12.2. The minimum Gasteiger partial charge on any atom is -0.507 e. The molecule has 0 radical (unpaired) electrons. The molecule has 216 valence electrons. The van der Waals surface area contributed by atoms with Crippen LogP contribution < -0.4 is 19.1 Å². The number of methoxy groups -OCH3 is 3. The third kappa shape index (κ3) is 5.55. The summed E-state index contributed by atoms with van der Waals surface area (Å²) in [6.07, 6.45) is 0. The Balaban J connectivity index is 1.61. The van der Waals surface area contributed by atoms with E-state index in [1.165, 1.54) is 50.1 Å². The van der Waals surface area contributed by atoms with Crippen LogP contribution in [0.2, 0.25) is 0 Å². The monoisotopic (exact) mass is 607 g/mol. The average molecular weight is 608 g/mol. The second-order valence-corrected chi connectivity index (χ2v) is 11.4. The van der Waals surface area contributed by atoms with E-state index in [4.69, 9.17) is 14.2 Å². The van der Waals surface area contributed by atoms with Crippen LogP contribution in [0.5, 0.6) is 17.2 Å². The largest absolute Gasteiger partial charge is 0.507 e. The maximum absolute atomic E-state index is 13.6. The number of amides is 1. The molecule has 1 aromatic heterocycles. The van der Waals surface area contributed by atoms with E-state index in [0.717, 1.165) is 34.6 Å². The van der Waals surface area contributed by atoms with Crippen LogP contribution in [0.15, 0.2) is 70.6 Å². The summed E-state index contributed by atoms with van der Waals surface area (Å²) in [4.78, 5) is 28.3. The van der Waals surface area contributed by atoms with Crippen molar-refractivity contribution in [1.29, 1.82) is 0 Å². The topological polar surface area (TPSA) is 111 Å². The van der Waals surface area contributed by atoms with Crippen LogP contribution in [-0.2, 0) is 15.3 Å². The Kier molecular flexibility index (Phi) is 8.46. The number of ether oxygens (including phenoxy) is 3. The van der Waals surface area contributed by atoms with Crippen molar-refractivity contribution in [2.45, 2.75) is 23.1 Å². The van der Waals surface area contributed by atoms with Gasteiger partial charge in [-0.3, -0.25) is 14.5 Å². The Morgan fingerprint density at radius 3 is 2.21 bits per heavy atom. The number of aliphatic hydroxyl groups excluding tert-OH is 1. The van der Waals surface area contributed by atoms with Crippen LogP contribution >= 0.6 is 23.1 Å². The number of aryl methyl sites for hydroxylation is 1. The molecule has 4 aromatic rings. The van der Waals surface area contributed by atoms with Crippen molar-refractivity contribution < 1.29 is 33.3 Å². The van der Waals surface area contributed by atoms with Gasteiger partial charge in [-0.15, -0.1) is 10.2 Å². The highest BCUT2D eigenvalue weighted by Gasteiger charge is 2.49. The quantitative estimate of drug-likeness (QED) is 0.0814. The number of thioether (sulfide) groups is 1. The van der Waals surface area contributed by atoms with Gasteiger partial charge in [-0.25, -0.2) is 4.39 Å². The molecule has 9 nitrogen and oxygen atoms in total. The van der Waals surface area contributed by atoms with Gasteiger partial charge in [0.1, 0.15) is 11.6 Å². The first-order valence-electron chi connectivity index (χ1n) is 12.6. The fourth-order valence-corrected chi connectivity index (χ4v) is 6.38. The molecule has 0 saturated carbocycles. The molecule has 12 heteroatoms. The molecule has 1 N–H and O–H groups in total. The number of carbonyl (C=O) groups is 2. The van der Waals surface area contributed by atoms with E-state index in [1.54, 1.807) is 12.1 Å². The zero-order valence-electron chi connectivity index (χ0n) is 23.1. The minimum atomic E-state index is -1.13. The maximum Gasteiger partial charge on any atom is 0.301 e. The first-order chi connectivity index (χ1) is 20.2. The van der Waals surface area contributed by atoms with Gasteiger partial charge in [-0.1, -0.05) is 52.9 Å². The van der Waals surface area contributed by atoms with Gasteiger partial charge in [0.05, 0.1) is 32.9 Å². The van der Waals surface area contributed by atoms with Crippen LogP contribution in [0.1, 0.15) is 28.3 Å². The third-order valence-electron chi connectivity index (χ3n) is 6.65. The molecule has 3 aromatic carbocycles. The number of rotatable bonds is 9. The lowest BCUT2D eigenvalue weighted by Gasteiger charge is -2.24. The molecule has 5 rings (SSSR count). The van der Waals surface area contributed by atoms with Crippen molar-refractivity contribution in [2.75, 3.05) is 26.2 Å². The number of anilines is 1. The number of hydrogen-bond acceptors (Lipinski definition) is 10. The third-order valence-corrected chi connectivity index (χ3v) is 8.78. The fraction of sp³-hybridized carbons (Fsp3) is 0.200. The molecule has 1 fully saturated rings. The molecule has 0 bridgehead atoms. The molecular weight excluding hydrogens is 581 g/mol. The molecule has 0 aliphatic carbocycles. The minimum absolute atomic E-state index is 0.165. The van der Waals surface area contributed by atoms with Gasteiger partial charge in [0.2, 0.25) is 10.9 Å². The van der Waals surface area contributed by atoms with E-state index in [1.807, 2.05) is 31.2 Å². The van der Waals surface area contributed by atoms with Crippen molar-refractivity contribution in [3.63, 3.8) is 0 Å². The number of hydrogen-bond donors (Lipinski definition) is 1. The molecule has 1 aliphatic rings. The van der Waals surface area contributed by atoms with Crippen molar-refractivity contribution in [1.82, 2.24) is 10.2 Å². The first-order valence-corrected chi connectivity index (χ1v) is 14.4. The number of halogens is 1. The number of nitrogens with zero attached hydrogens (tertiary/aromatic N) is 3. The summed E-state index contributed by atoms with van der Waals surface area (Å²) in [6.45, 7) is 2.02. The van der Waals surface area contributed by atoms with Gasteiger partial charge in [0.15, 0.2) is 15.8 Å². The summed E-state index contributed by atoms with van der Waals surface area (Å²) in [6, 6.07) is 15.1. The summed E-state index contributed by atoms with van der Waals surface area (Å²) in [5.41, 5.74) is 2.60. The Hall–Kier alpha value is -4.42. The van der Waals surface area contributed by atoms with E-state index in [2.05, 4.69) is 10.2 Å². The zero-order chi connectivity index (χ0) is 30.0. The molecule has 1 aliphatic heterocycles. The Bertz CT molecular complexity index is 1650. The normalized spacial score (nSPS) is 16.1. The lowest BCUT2D eigenvalue weighted by atomic mass is 9.94. The number of aliphatic hydroxyl groups is 1. The van der Waals surface area contributed by atoms with Crippen LogP contribution in [0, 0.1) is 12.7 Å². The van der Waals surface area contributed by atoms with Crippen LogP contribution in [0.4, 0.5) is 9.52 Å². The lowest BCUT2D eigenvalue weighted by molar-refractivity contribution is -0.132. The van der Waals surface area contributed by atoms with E-state index in [9.17, 15) is 19.1 Å². The molecule has 2 heterocycles. The van der Waals surface area contributed by atoms with Crippen LogP contribution in [0.3, 0.4) is 0 Å². The van der Waals surface area contributed by atoms with Crippen LogP contribution in [-0.4, -0.2) is 48.3 Å². The summed E-state index contributed by atoms with van der Waals surface area (Å²) < 4.78 is 30.7. The number of benzene rings is 3. The second-order valence-electron chi connectivity index (χ2n) is 9.26. The Morgan fingerprint density at radius 1 is 0.976 bits per heavy atom. The van der Waals surface area contributed by atoms with Crippen molar-refractivity contribution >= 4 is 45.7 Å². The molecule has 1 unspecified atom stereocenters. The molecule has 1 saturated heterocycles. The van der Waals surface area contributed by atoms with Gasteiger partial charge < -0.3 is 19.3 Å². The summed E-state index contributed by atoms with van der Waals surface area (Å²) in [5, 5.41) is 20.0. The SMILES string of the molecule is COc1cc(C2/C(=C(/O)c3ccc(F)cc3)C(=O)C(=O)N2c2nnc(SCc3ccc(C)cc3)s2)cc(OC)c1OC. The standard InChI is InChI=1S/C30H26FN3O6S2/c1-16-5-7-17(8-6-16)15-41-30-33-32-29(42-30)34-24(19-13-21(38-2)27(40-4)22(14-19)39-3)23(26(36)28(34)37)25(35)18-9-11-20(31)12-10-18/h5-14,24,35H,15H2,1-4H3/b25-23-.